The van der Waals surface area contributed by atoms with E-state index in [1.807, 2.05) is 24.3 Å². The molecule has 0 atom stereocenters. The number of nitriles is 1. The lowest BCUT2D eigenvalue weighted by molar-refractivity contribution is 0.463. The average molecular weight is 318 g/mol. The average Bonchev–Trinajstić information content (AvgIpc) is 2.86. The van der Waals surface area contributed by atoms with Gasteiger partial charge in [0.2, 0.25) is 5.76 Å². The number of hydrogen-bond donors (Lipinski definition) is 0. The van der Waals surface area contributed by atoms with Crippen LogP contribution in [0.25, 0.3) is 11.0 Å². The minimum Gasteiger partial charge on any atom is -0.451 e. The Hall–Kier alpha value is -2.15. The van der Waals surface area contributed by atoms with Crippen molar-refractivity contribution in [1.82, 2.24) is 0 Å². The zero-order valence-electron chi connectivity index (χ0n) is 10.8. The van der Waals surface area contributed by atoms with Crippen LogP contribution in [-0.4, -0.2) is 0 Å². The lowest BCUT2D eigenvalue weighted by atomic mass is 10.2. The smallest absolute Gasteiger partial charge is 0.247 e. The number of rotatable bonds is 3. The quantitative estimate of drug-likeness (QED) is 0.600. The van der Waals surface area contributed by atoms with Crippen molar-refractivity contribution < 1.29 is 9.15 Å². The van der Waals surface area contributed by atoms with Crippen LogP contribution in [0.3, 0.4) is 0 Å². The molecule has 3 nitrogen and oxygen atoms in total. The van der Waals surface area contributed by atoms with Crippen molar-refractivity contribution >= 4 is 34.2 Å². The van der Waals surface area contributed by atoms with E-state index in [2.05, 4.69) is 0 Å². The van der Waals surface area contributed by atoms with E-state index >= 15 is 0 Å². The molecule has 0 bridgehead atoms. The first-order chi connectivity index (χ1) is 10.2. The molecule has 0 aliphatic carbocycles. The SMILES string of the molecule is N#Cc1oc2ccccc2c1Oc1cc(Cl)ccc1CCl. The molecular weight excluding hydrogens is 309 g/mol. The van der Waals surface area contributed by atoms with Gasteiger partial charge in [-0.1, -0.05) is 29.8 Å². The third kappa shape index (κ3) is 2.56. The number of alkyl halides is 1. The van der Waals surface area contributed by atoms with Crippen LogP contribution in [0.5, 0.6) is 11.5 Å². The number of halogens is 2. The third-order valence-electron chi connectivity index (χ3n) is 3.04. The van der Waals surface area contributed by atoms with E-state index in [0.717, 1.165) is 10.9 Å². The Morgan fingerprint density at radius 3 is 2.76 bits per heavy atom. The topological polar surface area (TPSA) is 46.2 Å². The Morgan fingerprint density at radius 2 is 2.00 bits per heavy atom. The first-order valence-corrected chi connectivity index (χ1v) is 7.08. The highest BCUT2D eigenvalue weighted by Gasteiger charge is 2.17. The zero-order chi connectivity index (χ0) is 14.8. The van der Waals surface area contributed by atoms with Gasteiger partial charge >= 0.3 is 0 Å². The van der Waals surface area contributed by atoms with E-state index in [4.69, 9.17) is 32.4 Å². The maximum absolute atomic E-state index is 9.20. The van der Waals surface area contributed by atoms with Crippen LogP contribution >= 0.6 is 23.2 Å². The molecule has 0 aliphatic rings. The van der Waals surface area contributed by atoms with Crippen molar-refractivity contribution in [3.63, 3.8) is 0 Å². The summed E-state index contributed by atoms with van der Waals surface area (Å²) in [6.07, 6.45) is 0. The molecule has 5 heteroatoms. The van der Waals surface area contributed by atoms with Gasteiger partial charge in [-0.15, -0.1) is 11.6 Å². The van der Waals surface area contributed by atoms with Gasteiger partial charge in [0, 0.05) is 10.6 Å². The van der Waals surface area contributed by atoms with Gasteiger partial charge in [0.05, 0.1) is 11.3 Å². The summed E-state index contributed by atoms with van der Waals surface area (Å²) in [7, 11) is 0. The van der Waals surface area contributed by atoms with Gasteiger partial charge in [-0.25, -0.2) is 0 Å². The lowest BCUT2D eigenvalue weighted by Gasteiger charge is -2.09. The molecule has 0 radical (unpaired) electrons. The third-order valence-corrected chi connectivity index (χ3v) is 3.56. The summed E-state index contributed by atoms with van der Waals surface area (Å²) in [5, 5.41) is 10.5. The van der Waals surface area contributed by atoms with E-state index in [1.165, 1.54) is 0 Å². The van der Waals surface area contributed by atoms with Gasteiger partial charge in [0.1, 0.15) is 17.4 Å². The highest BCUT2D eigenvalue weighted by atomic mass is 35.5. The molecule has 0 fully saturated rings. The molecule has 0 spiro atoms. The maximum Gasteiger partial charge on any atom is 0.247 e. The molecule has 0 unspecified atom stereocenters. The molecule has 104 valence electrons. The molecule has 0 saturated heterocycles. The Kier molecular flexibility index (Phi) is 3.74. The number of hydrogen-bond acceptors (Lipinski definition) is 3. The highest BCUT2D eigenvalue weighted by Crippen LogP contribution is 2.38. The normalized spacial score (nSPS) is 10.5. The van der Waals surface area contributed by atoms with Crippen molar-refractivity contribution in [2.75, 3.05) is 0 Å². The van der Waals surface area contributed by atoms with Crippen molar-refractivity contribution in [3.8, 4) is 17.6 Å². The van der Waals surface area contributed by atoms with Crippen LogP contribution in [0.1, 0.15) is 11.3 Å². The van der Waals surface area contributed by atoms with Crippen molar-refractivity contribution in [2.24, 2.45) is 0 Å². The maximum atomic E-state index is 9.20. The number of para-hydroxylation sites is 1. The summed E-state index contributed by atoms with van der Waals surface area (Å²) in [4.78, 5) is 0. The number of benzene rings is 2. The van der Waals surface area contributed by atoms with Gasteiger partial charge in [0.25, 0.3) is 0 Å². The van der Waals surface area contributed by atoms with Gasteiger partial charge in [0.15, 0.2) is 5.75 Å². The summed E-state index contributed by atoms with van der Waals surface area (Å²) < 4.78 is 11.3. The fourth-order valence-corrected chi connectivity index (χ4v) is 2.42. The van der Waals surface area contributed by atoms with Gasteiger partial charge < -0.3 is 9.15 Å². The summed E-state index contributed by atoms with van der Waals surface area (Å²) in [5.74, 6) is 1.29. The monoisotopic (exact) mass is 317 g/mol. The van der Waals surface area contributed by atoms with E-state index in [0.29, 0.717) is 22.1 Å². The predicted octanol–water partition coefficient (Wildman–Crippen LogP) is 5.49. The molecule has 0 aliphatic heterocycles. The van der Waals surface area contributed by atoms with Crippen LogP contribution in [0, 0.1) is 11.3 Å². The van der Waals surface area contributed by atoms with Crippen LogP contribution in [0.4, 0.5) is 0 Å². The van der Waals surface area contributed by atoms with Crippen LogP contribution in [0.2, 0.25) is 5.02 Å². The highest BCUT2D eigenvalue weighted by molar-refractivity contribution is 6.30. The Labute approximate surface area is 131 Å². The van der Waals surface area contributed by atoms with Gasteiger partial charge in [-0.2, -0.15) is 5.26 Å². The van der Waals surface area contributed by atoms with Crippen LogP contribution < -0.4 is 4.74 Å². The zero-order valence-corrected chi connectivity index (χ0v) is 12.3. The molecule has 21 heavy (non-hydrogen) atoms. The van der Waals surface area contributed by atoms with Crippen molar-refractivity contribution in [1.29, 1.82) is 5.26 Å². The number of nitrogens with zero attached hydrogens (tertiary/aromatic N) is 1. The van der Waals surface area contributed by atoms with Crippen LogP contribution in [0.15, 0.2) is 46.9 Å². The summed E-state index contributed by atoms with van der Waals surface area (Å²) in [6, 6.07) is 14.5. The first kappa shape index (κ1) is 13.8. The summed E-state index contributed by atoms with van der Waals surface area (Å²) >= 11 is 11.9. The first-order valence-electron chi connectivity index (χ1n) is 6.17. The molecule has 2 aromatic carbocycles. The summed E-state index contributed by atoms with van der Waals surface area (Å²) in [6.45, 7) is 0. The van der Waals surface area contributed by atoms with E-state index in [1.54, 1.807) is 24.3 Å². The molecule has 3 aromatic rings. The second-order valence-corrected chi connectivity index (χ2v) is 5.06. The Bertz CT molecular complexity index is 849. The molecule has 0 saturated carbocycles. The minimum atomic E-state index is 0.122. The standard InChI is InChI=1S/C16H9Cl2NO2/c17-8-10-5-6-11(18)7-14(10)21-16-12-3-1-2-4-13(12)20-15(16)9-19/h1-7H,8H2. The van der Waals surface area contributed by atoms with Crippen molar-refractivity contribution in [2.45, 2.75) is 5.88 Å². The second-order valence-electron chi connectivity index (χ2n) is 4.36. The molecule has 1 aromatic heterocycles. The van der Waals surface area contributed by atoms with E-state index < -0.39 is 0 Å². The molecule has 0 N–H and O–H groups in total. The fraction of sp³-hybridized carbons (Fsp3) is 0.0625. The molecule has 0 amide bonds. The molecule has 1 heterocycles. The largest absolute Gasteiger partial charge is 0.451 e. The minimum absolute atomic E-state index is 0.122. The fourth-order valence-electron chi connectivity index (χ4n) is 2.04. The van der Waals surface area contributed by atoms with Crippen LogP contribution in [-0.2, 0) is 5.88 Å². The lowest BCUT2D eigenvalue weighted by Crippen LogP contribution is -1.90. The van der Waals surface area contributed by atoms with E-state index in [9.17, 15) is 5.26 Å². The summed E-state index contributed by atoms with van der Waals surface area (Å²) in [5.41, 5.74) is 1.38. The number of ether oxygens (including phenoxy) is 1. The van der Waals surface area contributed by atoms with Crippen molar-refractivity contribution in [3.05, 3.63) is 58.8 Å². The number of furan rings is 1. The Balaban J connectivity index is 2.14. The predicted molar refractivity (Wildman–Crippen MR) is 82.0 cm³/mol. The van der Waals surface area contributed by atoms with Gasteiger partial charge in [-0.3, -0.25) is 0 Å². The van der Waals surface area contributed by atoms with Gasteiger partial charge in [-0.05, 0) is 24.3 Å². The molecular formula is C16H9Cl2NO2. The number of fused-ring (bicyclic) bond motifs is 1. The molecule has 3 rings (SSSR count). The second kappa shape index (κ2) is 5.69. The van der Waals surface area contributed by atoms with E-state index in [-0.39, 0.29) is 11.6 Å². The Morgan fingerprint density at radius 1 is 1.19 bits per heavy atom.